The Labute approximate surface area is 127 Å². The van der Waals surface area contributed by atoms with Crippen LogP contribution in [0.4, 0.5) is 0 Å². The fourth-order valence-corrected chi connectivity index (χ4v) is 2.87. The number of benzene rings is 1. The summed E-state index contributed by atoms with van der Waals surface area (Å²) in [4.78, 5) is 18.8. The zero-order valence-electron chi connectivity index (χ0n) is 12.3. The van der Waals surface area contributed by atoms with Gasteiger partial charge in [0.1, 0.15) is 17.9 Å². The summed E-state index contributed by atoms with van der Waals surface area (Å²) >= 11 is 0. The molecule has 1 aliphatic heterocycles. The first kappa shape index (κ1) is 13.0. The van der Waals surface area contributed by atoms with Crippen LogP contribution >= 0.6 is 0 Å². The summed E-state index contributed by atoms with van der Waals surface area (Å²) in [6, 6.07) is 7.65. The highest BCUT2D eigenvalue weighted by Gasteiger charge is 2.22. The maximum Gasteiger partial charge on any atom is 0.244 e. The van der Waals surface area contributed by atoms with Crippen LogP contribution < -0.4 is 0 Å². The maximum atomic E-state index is 12.5. The van der Waals surface area contributed by atoms with Crippen LogP contribution in [-0.2, 0) is 24.4 Å². The third kappa shape index (κ3) is 2.14. The summed E-state index contributed by atoms with van der Waals surface area (Å²) in [5.74, 6) is 0.989. The molecular formula is C15H16N6O. The molecule has 0 spiro atoms. The van der Waals surface area contributed by atoms with Gasteiger partial charge in [-0.3, -0.25) is 4.79 Å². The standard InChI is InChI=1S/C15H16N6O/c1-11-8-19-6-7-20(9-14(19)16-11)15(22)10-21-13-5-3-2-4-12(13)17-18-21/h2-5,8H,6-7,9-10H2,1H3. The molecule has 1 aromatic carbocycles. The second-order valence-electron chi connectivity index (χ2n) is 5.54. The van der Waals surface area contributed by atoms with Crippen LogP contribution in [0.25, 0.3) is 11.0 Å². The number of aryl methyl sites for hydroxylation is 1. The molecule has 22 heavy (non-hydrogen) atoms. The Morgan fingerprint density at radius 2 is 2.14 bits per heavy atom. The summed E-state index contributed by atoms with van der Waals surface area (Å²) in [6.07, 6.45) is 2.03. The number of imidazole rings is 1. The van der Waals surface area contributed by atoms with Gasteiger partial charge in [-0.2, -0.15) is 0 Å². The lowest BCUT2D eigenvalue weighted by Gasteiger charge is -2.27. The van der Waals surface area contributed by atoms with E-state index in [1.807, 2.05) is 42.3 Å². The fourth-order valence-electron chi connectivity index (χ4n) is 2.87. The second-order valence-corrected chi connectivity index (χ2v) is 5.54. The molecule has 0 saturated heterocycles. The van der Waals surface area contributed by atoms with E-state index in [9.17, 15) is 4.79 Å². The van der Waals surface area contributed by atoms with Gasteiger partial charge in [0.15, 0.2) is 0 Å². The van der Waals surface area contributed by atoms with Gasteiger partial charge in [-0.1, -0.05) is 17.3 Å². The summed E-state index contributed by atoms with van der Waals surface area (Å²) < 4.78 is 3.77. The van der Waals surface area contributed by atoms with Crippen LogP contribution in [0.1, 0.15) is 11.5 Å². The number of para-hydroxylation sites is 1. The SMILES string of the molecule is Cc1cn2c(n1)CN(C(=O)Cn1nnc3ccccc31)CC2. The molecule has 7 nitrogen and oxygen atoms in total. The van der Waals surface area contributed by atoms with Gasteiger partial charge in [0.2, 0.25) is 5.91 Å². The molecule has 7 heteroatoms. The van der Waals surface area contributed by atoms with E-state index in [0.717, 1.165) is 29.1 Å². The smallest absolute Gasteiger partial charge is 0.244 e. The Kier molecular flexibility index (Phi) is 2.92. The Morgan fingerprint density at radius 1 is 1.27 bits per heavy atom. The van der Waals surface area contributed by atoms with Gasteiger partial charge < -0.3 is 9.47 Å². The minimum atomic E-state index is 0.0440. The van der Waals surface area contributed by atoms with Crippen molar-refractivity contribution < 1.29 is 4.79 Å². The molecule has 3 heterocycles. The molecule has 3 aromatic rings. The monoisotopic (exact) mass is 296 g/mol. The molecule has 4 rings (SSSR count). The largest absolute Gasteiger partial charge is 0.332 e. The van der Waals surface area contributed by atoms with Crippen molar-refractivity contribution in [2.75, 3.05) is 6.54 Å². The topological polar surface area (TPSA) is 68.8 Å². The lowest BCUT2D eigenvalue weighted by atomic mass is 10.3. The molecular weight excluding hydrogens is 280 g/mol. The van der Waals surface area contributed by atoms with E-state index in [2.05, 4.69) is 19.9 Å². The van der Waals surface area contributed by atoms with Crippen molar-refractivity contribution in [3.8, 4) is 0 Å². The number of hydrogen-bond donors (Lipinski definition) is 0. The van der Waals surface area contributed by atoms with Crippen LogP contribution in [0.2, 0.25) is 0 Å². The lowest BCUT2D eigenvalue weighted by Crippen LogP contribution is -2.40. The molecule has 1 aliphatic rings. The molecule has 1 amide bonds. The molecule has 0 fully saturated rings. The molecule has 112 valence electrons. The highest BCUT2D eigenvalue weighted by Crippen LogP contribution is 2.14. The van der Waals surface area contributed by atoms with Gasteiger partial charge in [-0.05, 0) is 19.1 Å². The Balaban J connectivity index is 1.53. The molecule has 2 aromatic heterocycles. The molecule has 0 atom stereocenters. The second kappa shape index (κ2) is 4.94. The zero-order chi connectivity index (χ0) is 15.1. The number of amides is 1. The first-order chi connectivity index (χ1) is 10.7. The van der Waals surface area contributed by atoms with E-state index in [1.165, 1.54) is 0 Å². The van der Waals surface area contributed by atoms with Crippen molar-refractivity contribution in [3.63, 3.8) is 0 Å². The molecule has 0 aliphatic carbocycles. The number of nitrogens with zero attached hydrogens (tertiary/aromatic N) is 6. The van der Waals surface area contributed by atoms with Gasteiger partial charge in [0.05, 0.1) is 17.8 Å². The highest BCUT2D eigenvalue weighted by atomic mass is 16.2. The van der Waals surface area contributed by atoms with E-state index in [0.29, 0.717) is 13.1 Å². The quantitative estimate of drug-likeness (QED) is 0.707. The summed E-state index contributed by atoms with van der Waals surface area (Å²) in [7, 11) is 0. The van der Waals surface area contributed by atoms with E-state index >= 15 is 0 Å². The third-order valence-corrected chi connectivity index (χ3v) is 3.98. The van der Waals surface area contributed by atoms with E-state index in [4.69, 9.17) is 0 Å². The van der Waals surface area contributed by atoms with Crippen molar-refractivity contribution in [1.82, 2.24) is 29.4 Å². The zero-order valence-corrected chi connectivity index (χ0v) is 12.3. The van der Waals surface area contributed by atoms with Crippen LogP contribution in [0.15, 0.2) is 30.5 Å². The minimum absolute atomic E-state index is 0.0440. The molecule has 0 saturated carbocycles. The molecule has 0 unspecified atom stereocenters. The normalized spacial score (nSPS) is 14.3. The van der Waals surface area contributed by atoms with Gasteiger partial charge in [0, 0.05) is 19.3 Å². The van der Waals surface area contributed by atoms with Crippen molar-refractivity contribution in [2.24, 2.45) is 0 Å². The Morgan fingerprint density at radius 3 is 3.05 bits per heavy atom. The molecule has 0 N–H and O–H groups in total. The van der Waals surface area contributed by atoms with Gasteiger partial charge in [-0.25, -0.2) is 9.67 Å². The number of carbonyl (C=O) groups is 1. The number of rotatable bonds is 2. The van der Waals surface area contributed by atoms with Gasteiger partial charge >= 0.3 is 0 Å². The number of hydrogen-bond acceptors (Lipinski definition) is 4. The maximum absolute atomic E-state index is 12.5. The van der Waals surface area contributed by atoms with Crippen molar-refractivity contribution >= 4 is 16.9 Å². The molecule has 0 radical (unpaired) electrons. The third-order valence-electron chi connectivity index (χ3n) is 3.98. The fraction of sp³-hybridized carbons (Fsp3) is 0.333. The Hall–Kier alpha value is -2.70. The van der Waals surface area contributed by atoms with Crippen molar-refractivity contribution in [2.45, 2.75) is 26.6 Å². The molecule has 0 bridgehead atoms. The summed E-state index contributed by atoms with van der Waals surface area (Å²) in [6.45, 7) is 4.23. The van der Waals surface area contributed by atoms with Crippen LogP contribution in [0, 0.1) is 6.92 Å². The number of fused-ring (bicyclic) bond motifs is 2. The summed E-state index contributed by atoms with van der Waals surface area (Å²) in [5, 5.41) is 8.16. The average molecular weight is 296 g/mol. The average Bonchev–Trinajstić information content (AvgIpc) is 3.09. The van der Waals surface area contributed by atoms with Gasteiger partial charge in [0.25, 0.3) is 0 Å². The van der Waals surface area contributed by atoms with Crippen LogP contribution in [0.3, 0.4) is 0 Å². The predicted molar refractivity (Wildman–Crippen MR) is 79.9 cm³/mol. The Bertz CT molecular complexity index is 849. The van der Waals surface area contributed by atoms with Crippen LogP contribution in [0.5, 0.6) is 0 Å². The van der Waals surface area contributed by atoms with E-state index < -0.39 is 0 Å². The van der Waals surface area contributed by atoms with Crippen molar-refractivity contribution in [1.29, 1.82) is 0 Å². The summed E-state index contributed by atoms with van der Waals surface area (Å²) in [5.41, 5.74) is 2.68. The minimum Gasteiger partial charge on any atom is -0.332 e. The van der Waals surface area contributed by atoms with Gasteiger partial charge in [-0.15, -0.1) is 5.10 Å². The predicted octanol–water partition coefficient (Wildman–Crippen LogP) is 0.979. The van der Waals surface area contributed by atoms with E-state index in [1.54, 1.807) is 4.68 Å². The number of aromatic nitrogens is 5. The van der Waals surface area contributed by atoms with Crippen LogP contribution in [-0.4, -0.2) is 41.9 Å². The van der Waals surface area contributed by atoms with E-state index in [-0.39, 0.29) is 12.5 Å². The highest BCUT2D eigenvalue weighted by molar-refractivity contribution is 5.79. The first-order valence-electron chi connectivity index (χ1n) is 7.29. The first-order valence-corrected chi connectivity index (χ1v) is 7.29. The lowest BCUT2D eigenvalue weighted by molar-refractivity contribution is -0.133. The van der Waals surface area contributed by atoms with Crippen molar-refractivity contribution in [3.05, 3.63) is 42.0 Å². The number of carbonyl (C=O) groups excluding carboxylic acids is 1.